The highest BCUT2D eigenvalue weighted by Gasteiger charge is 2.48. The quantitative estimate of drug-likeness (QED) is 0.170. The van der Waals surface area contributed by atoms with E-state index in [1.807, 2.05) is 0 Å². The normalized spacial score (nSPS) is 14.8. The smallest absolute Gasteiger partial charge is 0.156 e. The lowest BCUT2D eigenvalue weighted by Crippen LogP contribution is -3.00. The summed E-state index contributed by atoms with van der Waals surface area (Å²) in [5, 5.41) is 0. The van der Waals surface area contributed by atoms with Crippen molar-refractivity contribution in [1.82, 2.24) is 0 Å². The van der Waals surface area contributed by atoms with Crippen LogP contribution in [0.2, 0.25) is 0 Å². The fraction of sp³-hybridized carbons (Fsp3) is 0.765. The monoisotopic (exact) mass is 413 g/mol. The lowest BCUT2D eigenvalue weighted by atomic mass is 9.96. The first-order valence-corrected chi connectivity index (χ1v) is 8.65. The van der Waals surface area contributed by atoms with E-state index >= 15 is 0 Å². The average molecular weight is 414 g/mol. The van der Waals surface area contributed by atoms with Gasteiger partial charge in [0.15, 0.2) is 3.55 Å². The van der Waals surface area contributed by atoms with Crippen molar-refractivity contribution >= 4 is 22.6 Å². The Morgan fingerprint density at radius 3 is 1.75 bits per heavy atom. The Balaban J connectivity index is 0. The lowest BCUT2D eigenvalue weighted by molar-refractivity contribution is -0.963. The SMILES string of the molecule is C=CCC(I)(CC=C)[N+](C)(CC(C)C)C(CC)CC.[Cl-]. The Kier molecular flexibility index (Phi) is 11.6. The zero-order valence-corrected chi connectivity index (χ0v) is 16.9. The van der Waals surface area contributed by atoms with Crippen LogP contribution in [0.25, 0.3) is 0 Å². The van der Waals surface area contributed by atoms with E-state index in [4.69, 9.17) is 0 Å². The van der Waals surface area contributed by atoms with Crippen LogP contribution in [0.5, 0.6) is 0 Å². The lowest BCUT2D eigenvalue weighted by Gasteiger charge is -2.53. The van der Waals surface area contributed by atoms with Gasteiger partial charge in [-0.25, -0.2) is 0 Å². The summed E-state index contributed by atoms with van der Waals surface area (Å²) in [4.78, 5) is 0. The molecule has 0 N–H and O–H groups in total. The van der Waals surface area contributed by atoms with E-state index < -0.39 is 0 Å². The average Bonchev–Trinajstić information content (AvgIpc) is 2.29. The Morgan fingerprint density at radius 2 is 1.50 bits per heavy atom. The molecule has 0 heterocycles. The number of rotatable bonds is 10. The van der Waals surface area contributed by atoms with Crippen LogP contribution in [0.1, 0.15) is 53.4 Å². The van der Waals surface area contributed by atoms with Crippen LogP contribution >= 0.6 is 22.6 Å². The summed E-state index contributed by atoms with van der Waals surface area (Å²) in [6, 6.07) is 0.708. The van der Waals surface area contributed by atoms with Gasteiger partial charge in [0.25, 0.3) is 0 Å². The number of quaternary nitrogens is 1. The van der Waals surface area contributed by atoms with Crippen LogP contribution in [-0.4, -0.2) is 27.7 Å². The maximum absolute atomic E-state index is 3.98. The van der Waals surface area contributed by atoms with Crippen LogP contribution in [0.3, 0.4) is 0 Å². The molecule has 0 aliphatic heterocycles. The molecule has 0 spiro atoms. The number of halogens is 2. The van der Waals surface area contributed by atoms with Crippen molar-refractivity contribution in [2.75, 3.05) is 13.6 Å². The maximum Gasteiger partial charge on any atom is 0.156 e. The molecule has 3 heteroatoms. The molecule has 120 valence electrons. The summed E-state index contributed by atoms with van der Waals surface area (Å²) >= 11 is 2.68. The molecule has 0 saturated heterocycles. The first kappa shape index (κ1) is 22.7. The summed E-state index contributed by atoms with van der Waals surface area (Å²) < 4.78 is 1.30. The van der Waals surface area contributed by atoms with E-state index in [1.165, 1.54) is 19.4 Å². The Labute approximate surface area is 147 Å². The van der Waals surface area contributed by atoms with Crippen LogP contribution in [-0.2, 0) is 0 Å². The van der Waals surface area contributed by atoms with Crippen molar-refractivity contribution in [3.8, 4) is 0 Å². The van der Waals surface area contributed by atoms with Gasteiger partial charge in [-0.3, -0.25) is 0 Å². The highest BCUT2D eigenvalue weighted by Crippen LogP contribution is 2.42. The van der Waals surface area contributed by atoms with E-state index in [1.54, 1.807) is 0 Å². The minimum Gasteiger partial charge on any atom is -1.00 e. The van der Waals surface area contributed by atoms with Crippen molar-refractivity contribution < 1.29 is 16.9 Å². The summed E-state index contributed by atoms with van der Waals surface area (Å²) in [6.45, 7) is 18.5. The topological polar surface area (TPSA) is 0 Å². The minimum atomic E-state index is 0. The van der Waals surface area contributed by atoms with Gasteiger partial charge in [0, 0.05) is 18.8 Å². The molecule has 0 aromatic carbocycles. The molecule has 1 nitrogen and oxygen atoms in total. The van der Waals surface area contributed by atoms with Crippen molar-refractivity contribution in [3.63, 3.8) is 0 Å². The van der Waals surface area contributed by atoms with Crippen molar-refractivity contribution in [2.45, 2.75) is 63.0 Å². The molecule has 0 fully saturated rings. The fourth-order valence-electron chi connectivity index (χ4n) is 3.44. The molecule has 1 unspecified atom stereocenters. The summed E-state index contributed by atoms with van der Waals surface area (Å²) in [5.41, 5.74) is 0. The second kappa shape index (κ2) is 10.2. The molecule has 0 saturated carbocycles. The standard InChI is InChI=1S/C17H33IN.ClH/c1-8-12-17(18,13-9-2)19(7,14-15(5)6)16(10-3)11-4;/h8-9,15-16H,1-2,10-14H2,3-7H3;1H/q+1;/p-1. The van der Waals surface area contributed by atoms with Gasteiger partial charge in [-0.1, -0.05) is 39.8 Å². The van der Waals surface area contributed by atoms with Gasteiger partial charge < -0.3 is 16.9 Å². The molecule has 0 aromatic rings. The van der Waals surface area contributed by atoms with Gasteiger partial charge in [0.1, 0.15) is 0 Å². The van der Waals surface area contributed by atoms with Gasteiger partial charge in [-0.05, 0) is 35.4 Å². The zero-order valence-electron chi connectivity index (χ0n) is 14.0. The van der Waals surface area contributed by atoms with Gasteiger partial charge in [-0.2, -0.15) is 0 Å². The molecular formula is C17H33ClIN. The van der Waals surface area contributed by atoms with E-state index in [-0.39, 0.29) is 16.0 Å². The van der Waals surface area contributed by atoms with Crippen molar-refractivity contribution in [1.29, 1.82) is 0 Å². The van der Waals surface area contributed by atoms with Crippen LogP contribution in [0.15, 0.2) is 25.3 Å². The highest BCUT2D eigenvalue weighted by atomic mass is 127. The minimum absolute atomic E-state index is 0. The largest absolute Gasteiger partial charge is 1.00 e. The predicted octanol–water partition coefficient (Wildman–Crippen LogP) is 2.57. The molecule has 0 aliphatic rings. The van der Waals surface area contributed by atoms with Gasteiger partial charge >= 0.3 is 0 Å². The van der Waals surface area contributed by atoms with Crippen molar-refractivity contribution in [3.05, 3.63) is 25.3 Å². The van der Waals surface area contributed by atoms with Gasteiger partial charge in [0.05, 0.1) is 19.6 Å². The van der Waals surface area contributed by atoms with Gasteiger partial charge in [0.2, 0.25) is 0 Å². The van der Waals surface area contributed by atoms with E-state index in [0.29, 0.717) is 12.0 Å². The molecule has 20 heavy (non-hydrogen) atoms. The Morgan fingerprint density at radius 1 is 1.10 bits per heavy atom. The van der Waals surface area contributed by atoms with Gasteiger partial charge in [-0.15, -0.1) is 13.2 Å². The van der Waals surface area contributed by atoms with Crippen LogP contribution < -0.4 is 12.4 Å². The predicted molar refractivity (Wildman–Crippen MR) is 96.6 cm³/mol. The number of nitrogens with zero attached hydrogens (tertiary/aromatic N) is 1. The Bertz CT molecular complexity index is 277. The number of alkyl halides is 1. The van der Waals surface area contributed by atoms with Crippen LogP contribution in [0, 0.1) is 5.92 Å². The number of hydrogen-bond donors (Lipinski definition) is 0. The second-order valence-corrected chi connectivity index (χ2v) is 8.23. The van der Waals surface area contributed by atoms with Crippen molar-refractivity contribution in [2.24, 2.45) is 5.92 Å². The molecular weight excluding hydrogens is 381 g/mol. The second-order valence-electron chi connectivity index (χ2n) is 6.22. The first-order valence-electron chi connectivity index (χ1n) is 7.57. The first-order chi connectivity index (χ1) is 8.81. The van der Waals surface area contributed by atoms with E-state index in [0.717, 1.165) is 17.3 Å². The third-order valence-corrected chi connectivity index (χ3v) is 6.31. The zero-order chi connectivity index (χ0) is 15.1. The third-order valence-electron chi connectivity index (χ3n) is 4.32. The summed E-state index contributed by atoms with van der Waals surface area (Å²) in [5.74, 6) is 0.703. The summed E-state index contributed by atoms with van der Waals surface area (Å²) in [7, 11) is 2.44. The maximum atomic E-state index is 3.98. The fourth-order valence-corrected chi connectivity index (χ4v) is 4.65. The molecule has 1 atom stereocenters. The molecule has 0 amide bonds. The summed E-state index contributed by atoms with van der Waals surface area (Å²) in [6.07, 6.45) is 8.71. The molecule has 0 aliphatic carbocycles. The molecule has 0 radical (unpaired) electrons. The van der Waals surface area contributed by atoms with Crippen LogP contribution in [0.4, 0.5) is 0 Å². The van der Waals surface area contributed by atoms with E-state index in [2.05, 4.69) is 82.6 Å². The number of hydrogen-bond acceptors (Lipinski definition) is 0. The Hall–Kier alpha value is 0.460. The molecule has 0 bridgehead atoms. The van der Waals surface area contributed by atoms with E-state index in [9.17, 15) is 0 Å². The highest BCUT2D eigenvalue weighted by molar-refractivity contribution is 14.1. The third kappa shape index (κ3) is 5.34. The molecule has 0 aromatic heterocycles. The molecule has 0 rings (SSSR count).